The lowest BCUT2D eigenvalue weighted by atomic mass is 9.99. The van der Waals surface area contributed by atoms with E-state index in [-0.39, 0.29) is 0 Å². The van der Waals surface area contributed by atoms with Crippen molar-refractivity contribution in [3.63, 3.8) is 0 Å². The Bertz CT molecular complexity index is 944. The van der Waals surface area contributed by atoms with Crippen LogP contribution in [0.2, 0.25) is 10.0 Å². The Morgan fingerprint density at radius 3 is 2.45 bits per heavy atom. The topological polar surface area (TPSA) is 61.5 Å². The number of hydrogen-bond acceptors (Lipinski definition) is 5. The summed E-state index contributed by atoms with van der Waals surface area (Å²) in [6.45, 7) is 5.09. The lowest BCUT2D eigenvalue weighted by Crippen LogP contribution is -2.10. The van der Waals surface area contributed by atoms with Crippen LogP contribution in [0.3, 0.4) is 0 Å². The average molecular weight is 433 g/mol. The van der Waals surface area contributed by atoms with Crippen LogP contribution >= 0.6 is 23.2 Å². The molecule has 0 N–H and O–H groups in total. The zero-order valence-electron chi connectivity index (χ0n) is 16.3. The summed E-state index contributed by atoms with van der Waals surface area (Å²) in [6, 6.07) is 11.5. The highest BCUT2D eigenvalue weighted by atomic mass is 35.5. The molecule has 0 saturated heterocycles. The Balaban J connectivity index is 1.60. The number of aromatic nitrogens is 3. The maximum absolute atomic E-state index is 6.31. The lowest BCUT2D eigenvalue weighted by Gasteiger charge is -2.13. The van der Waals surface area contributed by atoms with Crippen molar-refractivity contribution in [1.29, 1.82) is 0 Å². The lowest BCUT2D eigenvalue weighted by molar-refractivity contribution is 0.217. The molecule has 2 aromatic carbocycles. The Labute approximate surface area is 180 Å². The molecule has 0 bridgehead atoms. The molecule has 1 aromatic heterocycles. The summed E-state index contributed by atoms with van der Waals surface area (Å²) in [5.74, 6) is 1.83. The third kappa shape index (κ3) is 5.95. The predicted octanol–water partition coefficient (Wildman–Crippen LogP) is 5.44. The summed E-state index contributed by atoms with van der Waals surface area (Å²) in [7, 11) is 0. The minimum absolute atomic E-state index is 0.321. The highest BCUT2D eigenvalue weighted by molar-refractivity contribution is 6.36. The second-order valence-electron chi connectivity index (χ2n) is 6.47. The summed E-state index contributed by atoms with van der Waals surface area (Å²) in [6.07, 6.45) is 5.65. The molecule has 0 aliphatic rings. The van der Waals surface area contributed by atoms with Crippen LogP contribution in [0.25, 0.3) is 0 Å². The molecule has 8 heteroatoms. The van der Waals surface area contributed by atoms with Gasteiger partial charge < -0.3 is 9.47 Å². The van der Waals surface area contributed by atoms with Crippen molar-refractivity contribution >= 4 is 29.4 Å². The maximum Gasteiger partial charge on any atom is 0.147 e. The molecule has 1 unspecified atom stereocenters. The standard InChI is InChI=1S/C21H22Cl2N4O2/c1-3-15(2)16-4-6-19(7-5-16)28-8-9-29-21-17(10-18(22)11-20(21)23)12-26-27-13-24-25-14-27/h4-7,10-15H,3,8-9H2,1-2H3. The van der Waals surface area contributed by atoms with Gasteiger partial charge in [-0.1, -0.05) is 49.2 Å². The van der Waals surface area contributed by atoms with Gasteiger partial charge in [-0.2, -0.15) is 5.10 Å². The van der Waals surface area contributed by atoms with E-state index < -0.39 is 0 Å². The smallest absolute Gasteiger partial charge is 0.147 e. The molecule has 0 fully saturated rings. The number of benzene rings is 2. The van der Waals surface area contributed by atoms with Gasteiger partial charge in [-0.15, -0.1) is 10.2 Å². The highest BCUT2D eigenvalue weighted by Gasteiger charge is 2.10. The summed E-state index contributed by atoms with van der Waals surface area (Å²) in [4.78, 5) is 0. The Morgan fingerprint density at radius 1 is 1.07 bits per heavy atom. The van der Waals surface area contributed by atoms with Crippen molar-refractivity contribution in [2.75, 3.05) is 13.2 Å². The predicted molar refractivity (Wildman–Crippen MR) is 116 cm³/mol. The molecule has 1 atom stereocenters. The Kier molecular flexibility index (Phi) is 7.49. The van der Waals surface area contributed by atoms with Crippen LogP contribution in [0.15, 0.2) is 54.2 Å². The van der Waals surface area contributed by atoms with E-state index >= 15 is 0 Å². The van der Waals surface area contributed by atoms with Gasteiger partial charge in [0.1, 0.15) is 37.4 Å². The van der Waals surface area contributed by atoms with Crippen LogP contribution in [0.4, 0.5) is 0 Å². The third-order valence-electron chi connectivity index (χ3n) is 4.43. The number of hydrogen-bond donors (Lipinski definition) is 0. The minimum Gasteiger partial charge on any atom is -0.490 e. The maximum atomic E-state index is 6.31. The van der Waals surface area contributed by atoms with Crippen LogP contribution in [-0.4, -0.2) is 34.3 Å². The molecular formula is C21H22Cl2N4O2. The molecule has 152 valence electrons. The van der Waals surface area contributed by atoms with Crippen molar-refractivity contribution in [1.82, 2.24) is 14.9 Å². The van der Waals surface area contributed by atoms with Crippen LogP contribution < -0.4 is 9.47 Å². The van der Waals surface area contributed by atoms with E-state index in [9.17, 15) is 0 Å². The molecule has 1 heterocycles. The first-order chi connectivity index (χ1) is 14.1. The van der Waals surface area contributed by atoms with E-state index in [1.165, 1.54) is 22.9 Å². The number of halogens is 2. The average Bonchev–Trinajstić information content (AvgIpc) is 3.24. The minimum atomic E-state index is 0.321. The van der Waals surface area contributed by atoms with Gasteiger partial charge in [0.05, 0.1) is 11.2 Å². The number of rotatable bonds is 9. The van der Waals surface area contributed by atoms with E-state index in [0.717, 1.165) is 12.2 Å². The monoisotopic (exact) mass is 432 g/mol. The molecule has 0 aliphatic carbocycles. The molecule has 6 nitrogen and oxygen atoms in total. The van der Waals surface area contributed by atoms with E-state index in [0.29, 0.717) is 40.5 Å². The van der Waals surface area contributed by atoms with Gasteiger partial charge in [0.2, 0.25) is 0 Å². The van der Waals surface area contributed by atoms with Crippen molar-refractivity contribution in [2.24, 2.45) is 5.10 Å². The fourth-order valence-electron chi connectivity index (χ4n) is 2.64. The first-order valence-corrected chi connectivity index (χ1v) is 10.1. The molecule has 0 amide bonds. The van der Waals surface area contributed by atoms with E-state index in [2.05, 4.69) is 41.3 Å². The van der Waals surface area contributed by atoms with Crippen molar-refractivity contribution in [3.8, 4) is 11.5 Å². The van der Waals surface area contributed by atoms with Crippen LogP contribution in [0.5, 0.6) is 11.5 Å². The van der Waals surface area contributed by atoms with Crippen molar-refractivity contribution in [2.45, 2.75) is 26.2 Å². The second-order valence-corrected chi connectivity index (χ2v) is 7.31. The van der Waals surface area contributed by atoms with Gasteiger partial charge in [-0.05, 0) is 42.2 Å². The van der Waals surface area contributed by atoms with Gasteiger partial charge >= 0.3 is 0 Å². The van der Waals surface area contributed by atoms with Gasteiger partial charge in [-0.25, -0.2) is 4.68 Å². The molecule has 3 rings (SSSR count). The van der Waals surface area contributed by atoms with E-state index in [4.69, 9.17) is 32.7 Å². The summed E-state index contributed by atoms with van der Waals surface area (Å²) >= 11 is 12.4. The number of ether oxygens (including phenoxy) is 2. The molecule has 29 heavy (non-hydrogen) atoms. The van der Waals surface area contributed by atoms with Crippen molar-refractivity contribution in [3.05, 3.63) is 70.2 Å². The van der Waals surface area contributed by atoms with Crippen molar-refractivity contribution < 1.29 is 9.47 Å². The Hall–Kier alpha value is -2.57. The molecule has 0 saturated carbocycles. The van der Waals surface area contributed by atoms with Gasteiger partial charge in [-0.3, -0.25) is 0 Å². The fraction of sp³-hybridized carbons (Fsp3) is 0.286. The molecule has 0 spiro atoms. The molecular weight excluding hydrogens is 411 g/mol. The van der Waals surface area contributed by atoms with Crippen LogP contribution in [-0.2, 0) is 0 Å². The summed E-state index contributed by atoms with van der Waals surface area (Å²) in [5.41, 5.74) is 1.95. The highest BCUT2D eigenvalue weighted by Crippen LogP contribution is 2.31. The second kappa shape index (κ2) is 10.3. The molecule has 0 aliphatic heterocycles. The summed E-state index contributed by atoms with van der Waals surface area (Å²) < 4.78 is 13.1. The third-order valence-corrected chi connectivity index (χ3v) is 4.93. The van der Waals surface area contributed by atoms with E-state index in [1.54, 1.807) is 18.3 Å². The van der Waals surface area contributed by atoms with E-state index in [1.807, 2.05) is 12.1 Å². The SMILES string of the molecule is CCC(C)c1ccc(OCCOc2c(Cl)cc(Cl)cc2C=Nn2cnnc2)cc1. The first kappa shape index (κ1) is 21.1. The zero-order chi connectivity index (χ0) is 20.6. The Morgan fingerprint density at radius 2 is 1.76 bits per heavy atom. The normalized spacial score (nSPS) is 12.3. The first-order valence-electron chi connectivity index (χ1n) is 9.30. The van der Waals surface area contributed by atoms with Crippen LogP contribution in [0.1, 0.15) is 37.3 Å². The molecule has 3 aromatic rings. The number of nitrogens with zero attached hydrogens (tertiary/aromatic N) is 4. The quantitative estimate of drug-likeness (QED) is 0.333. The van der Waals surface area contributed by atoms with Gasteiger partial charge in [0.15, 0.2) is 0 Å². The summed E-state index contributed by atoms with van der Waals surface area (Å²) in [5, 5.41) is 12.5. The van der Waals surface area contributed by atoms with Gasteiger partial charge in [0, 0.05) is 10.6 Å². The zero-order valence-corrected chi connectivity index (χ0v) is 17.8. The largest absolute Gasteiger partial charge is 0.490 e. The molecule has 0 radical (unpaired) electrons. The van der Waals surface area contributed by atoms with Gasteiger partial charge in [0.25, 0.3) is 0 Å². The van der Waals surface area contributed by atoms with Crippen LogP contribution in [0, 0.1) is 0 Å². The fourth-order valence-corrected chi connectivity index (χ4v) is 3.21.